The molecule has 1 heterocycles. The lowest BCUT2D eigenvalue weighted by Crippen LogP contribution is -2.47. The van der Waals surface area contributed by atoms with Gasteiger partial charge in [-0.2, -0.15) is 0 Å². The number of likely N-dealkylation sites (tertiary alicyclic amines) is 1. The molecule has 0 spiro atoms. The quantitative estimate of drug-likeness (QED) is 0.0981. The van der Waals surface area contributed by atoms with Gasteiger partial charge in [-0.3, -0.25) is 34.7 Å². The number of aryl methyl sites for hydroxylation is 2. The van der Waals surface area contributed by atoms with E-state index >= 15 is 4.39 Å². The molecular weight excluding hydrogens is 670 g/mol. The van der Waals surface area contributed by atoms with Crippen LogP contribution in [0.3, 0.4) is 0 Å². The molecule has 12 nitrogen and oxygen atoms in total. The van der Waals surface area contributed by atoms with Crippen molar-refractivity contribution in [2.45, 2.75) is 58.2 Å². The number of rotatable bonds is 11. The third-order valence-electron chi connectivity index (χ3n) is 8.41. The molecule has 0 aliphatic carbocycles. The van der Waals surface area contributed by atoms with E-state index in [-0.39, 0.29) is 39.7 Å². The number of anilines is 1. The van der Waals surface area contributed by atoms with Crippen LogP contribution in [0.5, 0.6) is 0 Å². The summed E-state index contributed by atoms with van der Waals surface area (Å²) in [5.41, 5.74) is -0.223. The molecule has 48 heavy (non-hydrogen) atoms. The Kier molecular flexibility index (Phi) is 11.2. The highest BCUT2D eigenvalue weighted by molar-refractivity contribution is 6.31. The van der Waals surface area contributed by atoms with Gasteiger partial charge >= 0.3 is 5.97 Å². The minimum absolute atomic E-state index is 0.0655. The number of amides is 1. The highest BCUT2D eigenvalue weighted by atomic mass is 35.5. The van der Waals surface area contributed by atoms with Crippen LogP contribution in [0.25, 0.3) is 0 Å². The Morgan fingerprint density at radius 2 is 1.71 bits per heavy atom. The molecule has 1 aliphatic rings. The Bertz CT molecular complexity index is 1800. The first-order valence-corrected chi connectivity index (χ1v) is 15.6. The molecule has 1 saturated heterocycles. The minimum Gasteiger partial charge on any atom is -0.465 e. The van der Waals surface area contributed by atoms with Crippen LogP contribution in [0.1, 0.15) is 63.6 Å². The molecule has 0 aromatic heterocycles. The van der Waals surface area contributed by atoms with Crippen molar-refractivity contribution >= 4 is 52.2 Å². The molecule has 3 aromatic rings. The van der Waals surface area contributed by atoms with Crippen molar-refractivity contribution < 1.29 is 33.4 Å². The number of nitrogens with one attached hydrogen (secondary N) is 1. The van der Waals surface area contributed by atoms with Crippen LogP contribution in [0, 0.1) is 45.8 Å². The zero-order valence-corrected chi connectivity index (χ0v) is 28.2. The molecule has 0 saturated carbocycles. The second-order valence-corrected chi connectivity index (χ2v) is 12.9. The third-order valence-corrected chi connectivity index (χ3v) is 8.94. The third kappa shape index (κ3) is 7.33. The summed E-state index contributed by atoms with van der Waals surface area (Å²) in [4.78, 5) is 65.5. The minimum atomic E-state index is -1.73. The second-order valence-electron chi connectivity index (χ2n) is 12.1. The van der Waals surface area contributed by atoms with Crippen LogP contribution in [-0.4, -0.2) is 64.2 Å². The number of carbonyl (C=O) groups excluding carboxylic acids is 3. The molecule has 254 valence electrons. The van der Waals surface area contributed by atoms with E-state index in [0.29, 0.717) is 16.3 Å². The van der Waals surface area contributed by atoms with Crippen molar-refractivity contribution in [1.29, 1.82) is 0 Å². The standard InChI is InChI=1S/C33H33Cl2FN4O8/c1-16(2)15-38-26(14-27(41)22-11-18(4)21(33(43)48-5)13-25(22)39(44)45)30(40(46)47)28(20-7-6-8-23(35)29(20)36)31(38)32(42)37-24-12-19(34)10-9-17(24)3/h6-13,16,26,28,30-31H,14-15H2,1-5H3,(H,37,42)/t26-,28-,30+,31+/m0/s1. The molecule has 15 heteroatoms. The van der Waals surface area contributed by atoms with Gasteiger partial charge in [-0.15, -0.1) is 0 Å². The number of ketones is 1. The normalized spacial score (nSPS) is 19.3. The van der Waals surface area contributed by atoms with Gasteiger partial charge in [0.2, 0.25) is 11.9 Å². The van der Waals surface area contributed by atoms with E-state index in [1.165, 1.54) is 36.1 Å². The maximum absolute atomic E-state index is 15.7. The van der Waals surface area contributed by atoms with E-state index in [4.69, 9.17) is 27.9 Å². The lowest BCUT2D eigenvalue weighted by Gasteiger charge is -2.31. The van der Waals surface area contributed by atoms with Crippen LogP contribution in [0.4, 0.5) is 15.8 Å². The van der Waals surface area contributed by atoms with Gasteiger partial charge in [0.25, 0.3) is 5.69 Å². The van der Waals surface area contributed by atoms with Gasteiger partial charge in [-0.25, -0.2) is 9.18 Å². The molecule has 0 radical (unpaired) electrons. The summed E-state index contributed by atoms with van der Waals surface area (Å²) in [6.07, 6.45) is -0.644. The molecule has 3 aromatic carbocycles. The summed E-state index contributed by atoms with van der Waals surface area (Å²) in [5.74, 6) is -4.99. The number of benzene rings is 3. The number of nitrogens with zero attached hydrogens (tertiary/aromatic N) is 3. The summed E-state index contributed by atoms with van der Waals surface area (Å²) in [7, 11) is 1.10. The lowest BCUT2D eigenvalue weighted by atomic mass is 9.84. The maximum atomic E-state index is 15.7. The van der Waals surface area contributed by atoms with Gasteiger partial charge in [0, 0.05) is 40.2 Å². The van der Waals surface area contributed by atoms with Crippen molar-refractivity contribution in [3.8, 4) is 0 Å². The first-order valence-electron chi connectivity index (χ1n) is 14.9. The van der Waals surface area contributed by atoms with Crippen LogP contribution in [0.15, 0.2) is 48.5 Å². The van der Waals surface area contributed by atoms with Crippen LogP contribution in [0.2, 0.25) is 10.0 Å². The Morgan fingerprint density at radius 1 is 1.02 bits per heavy atom. The molecule has 4 atom stereocenters. The SMILES string of the molecule is COC(=O)c1cc([N+](=O)[O-])c(C(=O)C[C@H]2[C@@H]([N+](=O)[O-])[C@H](c3cccc(Cl)c3F)[C@H](C(=O)Nc3cc(Cl)ccc3C)N2CC(C)C)cc1C. The fraction of sp³-hybridized carbons (Fsp3) is 0.364. The average Bonchev–Trinajstić information content (AvgIpc) is 3.32. The largest absolute Gasteiger partial charge is 0.465 e. The van der Waals surface area contributed by atoms with Gasteiger partial charge in [0.1, 0.15) is 11.9 Å². The molecule has 4 rings (SSSR count). The first-order chi connectivity index (χ1) is 22.6. The van der Waals surface area contributed by atoms with E-state index in [9.17, 15) is 34.6 Å². The number of hydrogen-bond acceptors (Lipinski definition) is 9. The average molecular weight is 704 g/mol. The zero-order chi connectivity index (χ0) is 35.6. The number of carbonyl (C=O) groups is 3. The number of halogens is 3. The topological polar surface area (TPSA) is 162 Å². The molecule has 0 unspecified atom stereocenters. The molecule has 0 bridgehead atoms. The fourth-order valence-electron chi connectivity index (χ4n) is 6.30. The Hall–Kier alpha value is -4.46. The number of ether oxygens (including phenoxy) is 1. The maximum Gasteiger partial charge on any atom is 0.338 e. The van der Waals surface area contributed by atoms with Gasteiger partial charge in [-0.05, 0) is 55.2 Å². The van der Waals surface area contributed by atoms with E-state index in [2.05, 4.69) is 5.32 Å². The summed E-state index contributed by atoms with van der Waals surface area (Å²) >= 11 is 12.3. The fourth-order valence-corrected chi connectivity index (χ4v) is 6.65. The molecule has 1 amide bonds. The van der Waals surface area contributed by atoms with Crippen LogP contribution >= 0.6 is 23.2 Å². The Labute approximate surface area is 285 Å². The van der Waals surface area contributed by atoms with Crippen molar-refractivity contribution in [3.63, 3.8) is 0 Å². The van der Waals surface area contributed by atoms with Crippen LogP contribution in [-0.2, 0) is 9.53 Å². The van der Waals surface area contributed by atoms with Gasteiger partial charge < -0.3 is 10.1 Å². The van der Waals surface area contributed by atoms with Crippen molar-refractivity contribution in [1.82, 2.24) is 4.90 Å². The summed E-state index contributed by atoms with van der Waals surface area (Å²) < 4.78 is 20.4. The summed E-state index contributed by atoms with van der Waals surface area (Å²) in [5, 5.41) is 27.8. The number of nitro benzene ring substituents is 1. The molecule has 1 N–H and O–H groups in total. The Morgan fingerprint density at radius 3 is 2.31 bits per heavy atom. The van der Waals surface area contributed by atoms with Gasteiger partial charge in [0.05, 0.1) is 40.1 Å². The number of hydrogen-bond donors (Lipinski definition) is 1. The van der Waals surface area contributed by atoms with Gasteiger partial charge in [0.15, 0.2) is 5.78 Å². The lowest BCUT2D eigenvalue weighted by molar-refractivity contribution is -0.527. The number of Topliss-reactive ketones (excluding diaryl/α,β-unsaturated/α-hetero) is 1. The van der Waals surface area contributed by atoms with E-state index < -0.39 is 69.5 Å². The van der Waals surface area contributed by atoms with Crippen molar-refractivity contribution in [3.05, 3.63) is 112 Å². The zero-order valence-electron chi connectivity index (χ0n) is 26.7. The van der Waals surface area contributed by atoms with E-state index in [1.54, 1.807) is 19.1 Å². The first kappa shape index (κ1) is 36.4. The highest BCUT2D eigenvalue weighted by Gasteiger charge is 2.60. The van der Waals surface area contributed by atoms with Crippen LogP contribution < -0.4 is 5.32 Å². The Balaban J connectivity index is 1.90. The van der Waals surface area contributed by atoms with E-state index in [1.807, 2.05) is 13.8 Å². The molecule has 1 fully saturated rings. The summed E-state index contributed by atoms with van der Waals surface area (Å²) in [6.45, 7) is 6.87. The van der Waals surface area contributed by atoms with E-state index in [0.717, 1.165) is 19.2 Å². The highest BCUT2D eigenvalue weighted by Crippen LogP contribution is 2.44. The molecular formula is C33H33Cl2FN4O8. The smallest absolute Gasteiger partial charge is 0.338 e. The predicted molar refractivity (Wildman–Crippen MR) is 177 cm³/mol. The number of nitro groups is 2. The number of esters is 1. The molecule has 1 aliphatic heterocycles. The predicted octanol–water partition coefficient (Wildman–Crippen LogP) is 6.79. The van der Waals surface area contributed by atoms with Gasteiger partial charge in [-0.1, -0.05) is 55.2 Å². The number of methoxy groups -OCH3 is 1. The monoisotopic (exact) mass is 702 g/mol. The second kappa shape index (κ2) is 14.8. The summed E-state index contributed by atoms with van der Waals surface area (Å²) in [6, 6.07) is 6.45. The van der Waals surface area contributed by atoms with Crippen molar-refractivity contribution in [2.24, 2.45) is 5.92 Å². The van der Waals surface area contributed by atoms with Crippen molar-refractivity contribution in [2.75, 3.05) is 19.0 Å².